The first kappa shape index (κ1) is 14.5. The van der Waals surface area contributed by atoms with E-state index in [1.807, 2.05) is 34.7 Å². The summed E-state index contributed by atoms with van der Waals surface area (Å²) in [6, 6.07) is 11.6. The smallest absolute Gasteiger partial charge is 0.255 e. The van der Waals surface area contributed by atoms with Gasteiger partial charge in [0.2, 0.25) is 0 Å². The van der Waals surface area contributed by atoms with Crippen LogP contribution in [0.15, 0.2) is 42.5 Å². The maximum Gasteiger partial charge on any atom is 0.255 e. The van der Waals surface area contributed by atoms with Gasteiger partial charge in [0.05, 0.1) is 5.69 Å². The Morgan fingerprint density at radius 3 is 2.47 bits per heavy atom. The Labute approximate surface area is 132 Å². The molecule has 0 unspecified atom stereocenters. The van der Waals surface area contributed by atoms with Gasteiger partial charge in [0.25, 0.3) is 5.91 Å². The van der Waals surface area contributed by atoms with Crippen LogP contribution in [0.5, 0.6) is 0 Å². The summed E-state index contributed by atoms with van der Waals surface area (Å²) in [7, 11) is 0. The highest BCUT2D eigenvalue weighted by Crippen LogP contribution is 2.20. The van der Waals surface area contributed by atoms with Gasteiger partial charge in [0.15, 0.2) is 0 Å². The van der Waals surface area contributed by atoms with Gasteiger partial charge in [-0.2, -0.15) is 0 Å². The van der Waals surface area contributed by atoms with E-state index in [1.165, 1.54) is 12.1 Å². The Bertz CT molecular complexity index is 601. The SMILES string of the molecule is O=C(Nc1ccc(F)cc1I)c1ccc(CBr)cc1. The zero-order valence-electron chi connectivity index (χ0n) is 9.79. The van der Waals surface area contributed by atoms with Crippen molar-refractivity contribution < 1.29 is 9.18 Å². The molecule has 2 rings (SSSR count). The number of carbonyl (C=O) groups excluding carboxylic acids is 1. The Hall–Kier alpha value is -0.950. The fourth-order valence-electron chi connectivity index (χ4n) is 1.53. The lowest BCUT2D eigenvalue weighted by atomic mass is 10.1. The minimum Gasteiger partial charge on any atom is -0.321 e. The van der Waals surface area contributed by atoms with Crippen LogP contribution in [0.4, 0.5) is 10.1 Å². The van der Waals surface area contributed by atoms with Crippen LogP contribution < -0.4 is 5.32 Å². The first-order valence-corrected chi connectivity index (χ1v) is 7.71. The predicted octanol–water partition coefficient (Wildman–Crippen LogP) is 4.58. The molecule has 19 heavy (non-hydrogen) atoms. The van der Waals surface area contributed by atoms with Crippen molar-refractivity contribution >= 4 is 50.1 Å². The standard InChI is InChI=1S/C14H10BrFINO/c15-8-9-1-3-10(4-2-9)14(19)18-13-6-5-11(16)7-12(13)17/h1-7H,8H2,(H,18,19). The number of halogens is 3. The number of amides is 1. The predicted molar refractivity (Wildman–Crippen MR) is 86.1 cm³/mol. The van der Waals surface area contributed by atoms with Gasteiger partial charge in [-0.25, -0.2) is 4.39 Å². The van der Waals surface area contributed by atoms with E-state index in [0.29, 0.717) is 14.8 Å². The van der Waals surface area contributed by atoms with Crippen LogP contribution in [-0.4, -0.2) is 5.91 Å². The minimum absolute atomic E-state index is 0.203. The van der Waals surface area contributed by atoms with Crippen LogP contribution in [-0.2, 0) is 5.33 Å². The zero-order chi connectivity index (χ0) is 13.8. The molecule has 98 valence electrons. The van der Waals surface area contributed by atoms with Crippen molar-refractivity contribution in [3.63, 3.8) is 0 Å². The van der Waals surface area contributed by atoms with Gasteiger partial charge in [-0.15, -0.1) is 0 Å². The minimum atomic E-state index is -0.316. The van der Waals surface area contributed by atoms with Crippen LogP contribution >= 0.6 is 38.5 Å². The second kappa shape index (κ2) is 6.47. The van der Waals surface area contributed by atoms with E-state index in [0.717, 1.165) is 10.9 Å². The van der Waals surface area contributed by atoms with E-state index < -0.39 is 0 Å². The van der Waals surface area contributed by atoms with Crippen LogP contribution in [0.25, 0.3) is 0 Å². The van der Waals surface area contributed by atoms with Gasteiger partial charge in [-0.3, -0.25) is 4.79 Å². The van der Waals surface area contributed by atoms with Crippen molar-refractivity contribution in [3.8, 4) is 0 Å². The molecule has 1 amide bonds. The van der Waals surface area contributed by atoms with Crippen LogP contribution in [0.2, 0.25) is 0 Å². The molecular formula is C14H10BrFINO. The number of anilines is 1. The van der Waals surface area contributed by atoms with Gasteiger partial charge in [-0.1, -0.05) is 28.1 Å². The highest BCUT2D eigenvalue weighted by molar-refractivity contribution is 14.1. The molecule has 0 aliphatic heterocycles. The Morgan fingerprint density at radius 2 is 1.89 bits per heavy atom. The van der Waals surface area contributed by atoms with Crippen molar-refractivity contribution in [2.75, 3.05) is 5.32 Å². The van der Waals surface area contributed by atoms with E-state index in [4.69, 9.17) is 0 Å². The number of hydrogen-bond donors (Lipinski definition) is 1. The molecule has 1 N–H and O–H groups in total. The molecule has 2 aromatic rings. The number of benzene rings is 2. The number of alkyl halides is 1. The highest BCUT2D eigenvalue weighted by atomic mass is 127. The number of rotatable bonds is 3. The summed E-state index contributed by atoms with van der Waals surface area (Å²) < 4.78 is 13.6. The third-order valence-electron chi connectivity index (χ3n) is 2.55. The molecule has 0 saturated heterocycles. The van der Waals surface area contributed by atoms with Crippen LogP contribution in [0, 0.1) is 9.39 Å². The molecule has 0 fully saturated rings. The fraction of sp³-hybridized carbons (Fsp3) is 0.0714. The molecule has 0 saturated carbocycles. The monoisotopic (exact) mass is 433 g/mol. The normalized spacial score (nSPS) is 10.3. The van der Waals surface area contributed by atoms with Gasteiger partial charge < -0.3 is 5.32 Å². The topological polar surface area (TPSA) is 29.1 Å². The lowest BCUT2D eigenvalue weighted by molar-refractivity contribution is 0.102. The molecule has 0 atom stereocenters. The van der Waals surface area contributed by atoms with Gasteiger partial charge in [-0.05, 0) is 58.5 Å². The Balaban J connectivity index is 2.15. The van der Waals surface area contributed by atoms with Crippen molar-refractivity contribution in [2.24, 2.45) is 0 Å². The summed E-state index contributed by atoms with van der Waals surface area (Å²) in [4.78, 5) is 12.0. The van der Waals surface area contributed by atoms with Crippen LogP contribution in [0.3, 0.4) is 0 Å². The number of hydrogen-bond acceptors (Lipinski definition) is 1. The zero-order valence-corrected chi connectivity index (χ0v) is 13.5. The highest BCUT2D eigenvalue weighted by Gasteiger charge is 2.08. The fourth-order valence-corrected chi connectivity index (χ4v) is 2.52. The summed E-state index contributed by atoms with van der Waals surface area (Å²) >= 11 is 5.34. The average molecular weight is 434 g/mol. The summed E-state index contributed by atoms with van der Waals surface area (Å²) in [6.45, 7) is 0. The molecule has 0 bridgehead atoms. The van der Waals surface area contributed by atoms with Gasteiger partial charge in [0.1, 0.15) is 5.82 Å². The van der Waals surface area contributed by atoms with Crippen LogP contribution in [0.1, 0.15) is 15.9 Å². The van der Waals surface area contributed by atoms with E-state index in [-0.39, 0.29) is 11.7 Å². The summed E-state index contributed by atoms with van der Waals surface area (Å²) in [5.74, 6) is -0.519. The summed E-state index contributed by atoms with van der Waals surface area (Å²) in [5.41, 5.74) is 2.29. The first-order chi connectivity index (χ1) is 9.10. The second-order valence-electron chi connectivity index (χ2n) is 3.91. The molecule has 0 heterocycles. The van der Waals surface area contributed by atoms with Crippen molar-refractivity contribution in [2.45, 2.75) is 5.33 Å². The quantitative estimate of drug-likeness (QED) is 0.557. The molecule has 5 heteroatoms. The average Bonchev–Trinajstić information content (AvgIpc) is 2.42. The molecule has 2 nitrogen and oxygen atoms in total. The summed E-state index contributed by atoms with van der Waals surface area (Å²) in [5, 5.41) is 3.52. The third-order valence-corrected chi connectivity index (χ3v) is 4.09. The second-order valence-corrected chi connectivity index (χ2v) is 5.63. The number of nitrogens with one attached hydrogen (secondary N) is 1. The molecule has 0 aliphatic carbocycles. The molecule has 0 spiro atoms. The lowest BCUT2D eigenvalue weighted by Crippen LogP contribution is -2.12. The molecule has 0 radical (unpaired) electrons. The van der Waals surface area contributed by atoms with Gasteiger partial charge in [0, 0.05) is 14.5 Å². The van der Waals surface area contributed by atoms with Crippen molar-refractivity contribution in [1.82, 2.24) is 0 Å². The van der Waals surface area contributed by atoms with Crippen molar-refractivity contribution in [1.29, 1.82) is 0 Å². The molecule has 2 aromatic carbocycles. The maximum absolute atomic E-state index is 13.0. The van der Waals surface area contributed by atoms with E-state index in [9.17, 15) is 9.18 Å². The maximum atomic E-state index is 13.0. The lowest BCUT2D eigenvalue weighted by Gasteiger charge is -2.08. The molecular weight excluding hydrogens is 424 g/mol. The molecule has 0 aromatic heterocycles. The largest absolute Gasteiger partial charge is 0.321 e. The summed E-state index contributed by atoms with van der Waals surface area (Å²) in [6.07, 6.45) is 0. The number of carbonyl (C=O) groups is 1. The Kier molecular flexibility index (Phi) is 4.93. The van der Waals surface area contributed by atoms with Crippen molar-refractivity contribution in [3.05, 3.63) is 63.0 Å². The van der Waals surface area contributed by atoms with Gasteiger partial charge >= 0.3 is 0 Å². The molecule has 0 aliphatic rings. The third kappa shape index (κ3) is 3.76. The van der Waals surface area contributed by atoms with E-state index in [1.54, 1.807) is 18.2 Å². The van der Waals surface area contributed by atoms with E-state index >= 15 is 0 Å². The first-order valence-electron chi connectivity index (χ1n) is 5.51. The van der Waals surface area contributed by atoms with E-state index in [2.05, 4.69) is 21.2 Å². The Morgan fingerprint density at radius 1 is 1.21 bits per heavy atom.